The average molecular weight is 352 g/mol. The zero-order chi connectivity index (χ0) is 18.5. The SMILES string of the molecule is CC[C@H]1Oc2ccccc2N(CC(=O)NCCc2ccc(C)cc2)C1=O. The van der Waals surface area contributed by atoms with E-state index in [1.54, 1.807) is 6.07 Å². The highest BCUT2D eigenvalue weighted by Crippen LogP contribution is 2.34. The van der Waals surface area contributed by atoms with Crippen LogP contribution in [-0.2, 0) is 16.0 Å². The molecule has 0 bridgehead atoms. The minimum absolute atomic E-state index is 0.00358. The van der Waals surface area contributed by atoms with Crippen molar-refractivity contribution in [2.75, 3.05) is 18.0 Å². The lowest BCUT2D eigenvalue weighted by Gasteiger charge is -2.33. The minimum Gasteiger partial charge on any atom is -0.478 e. The van der Waals surface area contributed by atoms with Gasteiger partial charge in [0, 0.05) is 6.54 Å². The number of para-hydroxylation sites is 2. The molecule has 1 atom stereocenters. The standard InChI is InChI=1S/C21H24N2O3/c1-3-18-21(25)23(17-6-4-5-7-19(17)26-18)14-20(24)22-13-12-16-10-8-15(2)9-11-16/h4-11,18H,3,12-14H2,1-2H3,(H,22,24)/t18-/m1/s1. The second kappa shape index (κ2) is 8.04. The van der Waals surface area contributed by atoms with E-state index in [9.17, 15) is 9.59 Å². The molecule has 1 aliphatic rings. The van der Waals surface area contributed by atoms with Gasteiger partial charge < -0.3 is 10.1 Å². The third kappa shape index (κ3) is 4.04. The van der Waals surface area contributed by atoms with Crippen LogP contribution in [0.3, 0.4) is 0 Å². The quantitative estimate of drug-likeness (QED) is 0.870. The topological polar surface area (TPSA) is 58.6 Å². The number of ether oxygens (including phenoxy) is 1. The van der Waals surface area contributed by atoms with Crippen LogP contribution in [0.1, 0.15) is 24.5 Å². The van der Waals surface area contributed by atoms with E-state index in [0.29, 0.717) is 24.4 Å². The van der Waals surface area contributed by atoms with Crippen molar-refractivity contribution in [1.29, 1.82) is 0 Å². The third-order valence-corrected chi connectivity index (χ3v) is 4.50. The highest BCUT2D eigenvalue weighted by atomic mass is 16.5. The molecule has 5 heteroatoms. The summed E-state index contributed by atoms with van der Waals surface area (Å²) in [6.07, 6.45) is 0.793. The Hall–Kier alpha value is -2.82. The fourth-order valence-corrected chi connectivity index (χ4v) is 3.00. The molecule has 2 aromatic carbocycles. The maximum atomic E-state index is 12.6. The van der Waals surface area contributed by atoms with Crippen LogP contribution in [0, 0.1) is 6.92 Å². The first kappa shape index (κ1) is 18.0. The molecular weight excluding hydrogens is 328 g/mol. The first-order valence-corrected chi connectivity index (χ1v) is 8.97. The molecule has 0 aliphatic carbocycles. The van der Waals surface area contributed by atoms with Crippen LogP contribution in [-0.4, -0.2) is 31.0 Å². The predicted octanol–water partition coefficient (Wildman–Crippen LogP) is 2.86. The van der Waals surface area contributed by atoms with Gasteiger partial charge in [0.05, 0.1) is 5.69 Å². The number of nitrogens with zero attached hydrogens (tertiary/aromatic N) is 1. The Morgan fingerprint density at radius 2 is 1.88 bits per heavy atom. The summed E-state index contributed by atoms with van der Waals surface area (Å²) in [7, 11) is 0. The Bertz CT molecular complexity index is 786. The second-order valence-electron chi connectivity index (χ2n) is 6.49. The molecule has 0 saturated carbocycles. The molecule has 2 aromatic rings. The summed E-state index contributed by atoms with van der Waals surface area (Å²) < 4.78 is 5.73. The maximum absolute atomic E-state index is 12.6. The summed E-state index contributed by atoms with van der Waals surface area (Å²) >= 11 is 0. The fourth-order valence-electron chi connectivity index (χ4n) is 3.00. The number of fused-ring (bicyclic) bond motifs is 1. The Balaban J connectivity index is 1.60. The number of hydrogen-bond donors (Lipinski definition) is 1. The number of aryl methyl sites for hydroxylation is 1. The van der Waals surface area contributed by atoms with E-state index in [2.05, 4.69) is 29.6 Å². The van der Waals surface area contributed by atoms with E-state index >= 15 is 0 Å². The monoisotopic (exact) mass is 352 g/mol. The van der Waals surface area contributed by atoms with Gasteiger partial charge in [-0.25, -0.2) is 0 Å². The molecule has 3 rings (SSSR count). The number of anilines is 1. The van der Waals surface area contributed by atoms with Crippen molar-refractivity contribution in [3.8, 4) is 5.75 Å². The lowest BCUT2D eigenvalue weighted by atomic mass is 10.1. The average Bonchev–Trinajstić information content (AvgIpc) is 2.65. The summed E-state index contributed by atoms with van der Waals surface area (Å²) in [6.45, 7) is 4.49. The van der Waals surface area contributed by atoms with Gasteiger partial charge in [0.2, 0.25) is 5.91 Å². The first-order chi connectivity index (χ1) is 12.6. The van der Waals surface area contributed by atoms with E-state index in [1.165, 1.54) is 16.0 Å². The zero-order valence-electron chi connectivity index (χ0n) is 15.2. The Kier molecular flexibility index (Phi) is 5.56. The van der Waals surface area contributed by atoms with E-state index < -0.39 is 6.10 Å². The summed E-state index contributed by atoms with van der Waals surface area (Å²) in [4.78, 5) is 26.5. The molecule has 1 heterocycles. The van der Waals surface area contributed by atoms with Crippen molar-refractivity contribution < 1.29 is 14.3 Å². The Morgan fingerprint density at radius 1 is 1.15 bits per heavy atom. The van der Waals surface area contributed by atoms with Crippen LogP contribution in [0.25, 0.3) is 0 Å². The second-order valence-corrected chi connectivity index (χ2v) is 6.49. The maximum Gasteiger partial charge on any atom is 0.268 e. The van der Waals surface area contributed by atoms with Crippen molar-refractivity contribution >= 4 is 17.5 Å². The van der Waals surface area contributed by atoms with Gasteiger partial charge in [-0.05, 0) is 37.5 Å². The van der Waals surface area contributed by atoms with E-state index in [-0.39, 0.29) is 18.4 Å². The molecule has 0 radical (unpaired) electrons. The van der Waals surface area contributed by atoms with Crippen LogP contribution in [0.4, 0.5) is 5.69 Å². The number of hydrogen-bond acceptors (Lipinski definition) is 3. The number of nitrogens with one attached hydrogen (secondary N) is 1. The highest BCUT2D eigenvalue weighted by molar-refractivity contribution is 6.03. The molecule has 5 nitrogen and oxygen atoms in total. The highest BCUT2D eigenvalue weighted by Gasteiger charge is 2.34. The largest absolute Gasteiger partial charge is 0.478 e. The van der Waals surface area contributed by atoms with Crippen LogP contribution < -0.4 is 15.0 Å². The summed E-state index contributed by atoms with van der Waals surface area (Å²) in [6, 6.07) is 15.6. The third-order valence-electron chi connectivity index (χ3n) is 4.50. The molecule has 136 valence electrons. The van der Waals surface area contributed by atoms with Gasteiger partial charge in [-0.1, -0.05) is 48.9 Å². The van der Waals surface area contributed by atoms with Crippen molar-refractivity contribution in [3.05, 3.63) is 59.7 Å². The van der Waals surface area contributed by atoms with Crippen LogP contribution in [0.15, 0.2) is 48.5 Å². The Morgan fingerprint density at radius 3 is 2.62 bits per heavy atom. The van der Waals surface area contributed by atoms with Crippen molar-refractivity contribution in [2.24, 2.45) is 0 Å². The van der Waals surface area contributed by atoms with Crippen LogP contribution in [0.2, 0.25) is 0 Å². The van der Waals surface area contributed by atoms with E-state index in [1.807, 2.05) is 32.0 Å². The molecule has 0 unspecified atom stereocenters. The van der Waals surface area contributed by atoms with Crippen molar-refractivity contribution in [2.45, 2.75) is 32.8 Å². The van der Waals surface area contributed by atoms with Crippen molar-refractivity contribution in [1.82, 2.24) is 5.32 Å². The number of rotatable bonds is 6. The van der Waals surface area contributed by atoms with Gasteiger partial charge in [-0.15, -0.1) is 0 Å². The van der Waals surface area contributed by atoms with Crippen LogP contribution >= 0.6 is 0 Å². The lowest BCUT2D eigenvalue weighted by molar-refractivity contribution is -0.129. The lowest BCUT2D eigenvalue weighted by Crippen LogP contribution is -2.49. The predicted molar refractivity (Wildman–Crippen MR) is 101 cm³/mol. The Labute approximate surface area is 154 Å². The summed E-state index contributed by atoms with van der Waals surface area (Å²) in [5.74, 6) is 0.309. The van der Waals surface area contributed by atoms with Gasteiger partial charge >= 0.3 is 0 Å². The van der Waals surface area contributed by atoms with Gasteiger partial charge in [0.15, 0.2) is 6.10 Å². The number of benzene rings is 2. The summed E-state index contributed by atoms with van der Waals surface area (Å²) in [5.41, 5.74) is 3.04. The molecule has 0 fully saturated rings. The fraction of sp³-hybridized carbons (Fsp3) is 0.333. The number of carbonyl (C=O) groups is 2. The molecular formula is C21H24N2O3. The van der Waals surface area contributed by atoms with Crippen LogP contribution in [0.5, 0.6) is 5.75 Å². The minimum atomic E-state index is -0.537. The molecule has 0 saturated heterocycles. The first-order valence-electron chi connectivity index (χ1n) is 8.97. The number of carbonyl (C=O) groups excluding carboxylic acids is 2. The van der Waals surface area contributed by atoms with Gasteiger partial charge in [-0.2, -0.15) is 0 Å². The van der Waals surface area contributed by atoms with E-state index in [4.69, 9.17) is 4.74 Å². The smallest absolute Gasteiger partial charge is 0.268 e. The summed E-state index contributed by atoms with van der Waals surface area (Å²) in [5, 5.41) is 2.90. The van der Waals surface area contributed by atoms with Gasteiger partial charge in [-0.3, -0.25) is 14.5 Å². The van der Waals surface area contributed by atoms with Gasteiger partial charge in [0.1, 0.15) is 12.3 Å². The molecule has 0 spiro atoms. The molecule has 1 aliphatic heterocycles. The molecule has 1 N–H and O–H groups in total. The van der Waals surface area contributed by atoms with E-state index in [0.717, 1.165) is 6.42 Å². The molecule has 26 heavy (non-hydrogen) atoms. The normalized spacial score (nSPS) is 16.0. The van der Waals surface area contributed by atoms with Gasteiger partial charge in [0.25, 0.3) is 5.91 Å². The molecule has 0 aromatic heterocycles. The van der Waals surface area contributed by atoms with Crippen molar-refractivity contribution in [3.63, 3.8) is 0 Å². The number of amides is 2. The zero-order valence-corrected chi connectivity index (χ0v) is 15.2. The molecule has 2 amide bonds.